The van der Waals surface area contributed by atoms with Gasteiger partial charge < -0.3 is 9.88 Å². The lowest BCUT2D eigenvalue weighted by atomic mass is 10.0. The van der Waals surface area contributed by atoms with E-state index in [-0.39, 0.29) is 11.9 Å². The number of hydrogen-bond acceptors (Lipinski definition) is 3. The van der Waals surface area contributed by atoms with Crippen LogP contribution < -0.4 is 4.90 Å². The predicted molar refractivity (Wildman–Crippen MR) is 96.3 cm³/mol. The molecule has 2 aromatic rings. The number of rotatable bonds is 5. The number of likely N-dealkylation sites (N-methyl/N-ethyl adjacent to an activating group) is 1. The van der Waals surface area contributed by atoms with E-state index in [9.17, 15) is 4.79 Å². The van der Waals surface area contributed by atoms with Crippen molar-refractivity contribution in [1.29, 1.82) is 0 Å². The molecule has 128 valence electrons. The second-order valence-corrected chi connectivity index (χ2v) is 6.85. The number of nitrogens with zero attached hydrogens (tertiary/aromatic N) is 3. The summed E-state index contributed by atoms with van der Waals surface area (Å²) in [6.07, 6.45) is 5.30. The van der Waals surface area contributed by atoms with Gasteiger partial charge in [0.05, 0.1) is 12.4 Å². The lowest BCUT2D eigenvalue weighted by molar-refractivity contribution is -0.121. The Hall–Kier alpha value is -2.14. The van der Waals surface area contributed by atoms with Gasteiger partial charge in [-0.05, 0) is 45.4 Å². The summed E-state index contributed by atoms with van der Waals surface area (Å²) in [5.41, 5.74) is 5.81. The van der Waals surface area contributed by atoms with Gasteiger partial charge in [-0.1, -0.05) is 17.7 Å². The number of imidazole rings is 1. The molecule has 24 heavy (non-hydrogen) atoms. The van der Waals surface area contributed by atoms with Crippen molar-refractivity contribution in [2.45, 2.75) is 39.7 Å². The molecule has 1 aliphatic heterocycles. The fraction of sp³-hybridized carbons (Fsp3) is 0.474. The fourth-order valence-corrected chi connectivity index (χ4v) is 3.77. The minimum atomic E-state index is -0.0342. The Labute approximate surface area is 143 Å². The van der Waals surface area contributed by atoms with Crippen molar-refractivity contribution in [1.82, 2.24) is 14.9 Å². The summed E-state index contributed by atoms with van der Waals surface area (Å²) in [4.78, 5) is 24.3. The Morgan fingerprint density at radius 1 is 1.29 bits per heavy atom. The third-order valence-electron chi connectivity index (χ3n) is 4.90. The van der Waals surface area contributed by atoms with Crippen LogP contribution in [0.5, 0.6) is 0 Å². The molecule has 1 N–H and O–H groups in total. The lowest BCUT2D eigenvalue weighted by Crippen LogP contribution is -2.41. The van der Waals surface area contributed by atoms with Crippen LogP contribution in [0.4, 0.5) is 5.69 Å². The third-order valence-corrected chi connectivity index (χ3v) is 4.90. The minimum Gasteiger partial charge on any atom is -0.348 e. The molecule has 1 unspecified atom stereocenters. The molecule has 1 aliphatic rings. The third kappa shape index (κ3) is 3.22. The molecule has 1 aromatic carbocycles. The highest BCUT2D eigenvalue weighted by Gasteiger charge is 2.36. The summed E-state index contributed by atoms with van der Waals surface area (Å²) in [7, 11) is 2.04. The Bertz CT molecular complexity index is 700. The van der Waals surface area contributed by atoms with Gasteiger partial charge >= 0.3 is 0 Å². The Kier molecular flexibility index (Phi) is 4.71. The second-order valence-electron chi connectivity index (χ2n) is 6.85. The number of hydrogen-bond donors (Lipinski definition) is 1. The first kappa shape index (κ1) is 16.7. The molecule has 1 aromatic heterocycles. The van der Waals surface area contributed by atoms with Crippen molar-refractivity contribution in [3.05, 3.63) is 47.0 Å². The van der Waals surface area contributed by atoms with E-state index < -0.39 is 0 Å². The van der Waals surface area contributed by atoms with Crippen molar-refractivity contribution in [2.75, 3.05) is 25.0 Å². The number of aromatic amines is 1. The van der Waals surface area contributed by atoms with E-state index in [1.165, 1.54) is 16.7 Å². The number of benzene rings is 1. The maximum absolute atomic E-state index is 13.0. The van der Waals surface area contributed by atoms with Crippen LogP contribution >= 0.6 is 0 Å². The number of carbonyl (C=O) groups excluding carboxylic acids is 1. The van der Waals surface area contributed by atoms with Gasteiger partial charge in [0.25, 0.3) is 0 Å². The molecular formula is C19H26N4O. The van der Waals surface area contributed by atoms with Gasteiger partial charge in [0.15, 0.2) is 0 Å². The van der Waals surface area contributed by atoms with Gasteiger partial charge in [0, 0.05) is 37.1 Å². The molecule has 1 saturated heterocycles. The van der Waals surface area contributed by atoms with E-state index in [1.807, 2.05) is 18.1 Å². The van der Waals surface area contributed by atoms with Crippen LogP contribution in [0.1, 0.15) is 28.8 Å². The molecule has 2 heterocycles. The number of aryl methyl sites for hydroxylation is 3. The first-order valence-electron chi connectivity index (χ1n) is 8.54. The fourth-order valence-electron chi connectivity index (χ4n) is 3.77. The zero-order chi connectivity index (χ0) is 17.3. The number of anilines is 1. The molecule has 0 aliphatic carbocycles. The number of aromatic nitrogens is 2. The highest BCUT2D eigenvalue weighted by molar-refractivity contribution is 6.00. The lowest BCUT2D eigenvalue weighted by Gasteiger charge is -2.25. The quantitative estimate of drug-likeness (QED) is 0.919. The second kappa shape index (κ2) is 6.77. The largest absolute Gasteiger partial charge is 0.348 e. The van der Waals surface area contributed by atoms with Gasteiger partial charge in [0.2, 0.25) is 5.91 Å². The van der Waals surface area contributed by atoms with E-state index >= 15 is 0 Å². The van der Waals surface area contributed by atoms with Crippen LogP contribution in [-0.4, -0.2) is 47.0 Å². The molecule has 0 bridgehead atoms. The van der Waals surface area contributed by atoms with Crippen molar-refractivity contribution >= 4 is 11.6 Å². The van der Waals surface area contributed by atoms with Gasteiger partial charge in [-0.15, -0.1) is 0 Å². The van der Waals surface area contributed by atoms with Crippen molar-refractivity contribution < 1.29 is 4.79 Å². The first-order chi connectivity index (χ1) is 11.5. The highest BCUT2D eigenvalue weighted by Crippen LogP contribution is 2.31. The highest BCUT2D eigenvalue weighted by atomic mass is 16.2. The number of H-pyrrole nitrogens is 1. The topological polar surface area (TPSA) is 52.2 Å². The summed E-state index contributed by atoms with van der Waals surface area (Å²) >= 11 is 0. The SMILES string of the molecule is Cc1cc(C)c(N2CCC(N(C)CCc3cnc[nH]3)C2=O)c(C)c1. The van der Waals surface area contributed by atoms with Gasteiger partial charge in [-0.25, -0.2) is 4.98 Å². The van der Waals surface area contributed by atoms with Crippen LogP contribution in [-0.2, 0) is 11.2 Å². The van der Waals surface area contributed by atoms with Crippen molar-refractivity contribution in [3.63, 3.8) is 0 Å². The van der Waals surface area contributed by atoms with Crippen molar-refractivity contribution in [2.24, 2.45) is 0 Å². The van der Waals surface area contributed by atoms with Crippen LogP contribution in [0.3, 0.4) is 0 Å². The van der Waals surface area contributed by atoms with Crippen LogP contribution in [0, 0.1) is 20.8 Å². The van der Waals surface area contributed by atoms with Gasteiger partial charge in [0.1, 0.15) is 0 Å². The zero-order valence-electron chi connectivity index (χ0n) is 15.0. The average Bonchev–Trinajstić information content (AvgIpc) is 3.15. The summed E-state index contributed by atoms with van der Waals surface area (Å²) in [6, 6.07) is 4.28. The molecule has 3 rings (SSSR count). The van der Waals surface area contributed by atoms with Crippen LogP contribution in [0.15, 0.2) is 24.7 Å². The standard InChI is InChI=1S/C19H26N4O/c1-13-9-14(2)18(15(3)10-13)23-8-6-17(19(23)24)22(4)7-5-16-11-20-12-21-16/h9-12,17H,5-8H2,1-4H3,(H,20,21). The van der Waals surface area contributed by atoms with Gasteiger partial charge in [-0.3, -0.25) is 9.69 Å². The van der Waals surface area contributed by atoms with E-state index in [0.717, 1.165) is 37.3 Å². The van der Waals surface area contributed by atoms with Crippen LogP contribution in [0.25, 0.3) is 0 Å². The Morgan fingerprint density at radius 2 is 2.00 bits per heavy atom. The molecule has 0 saturated carbocycles. The predicted octanol–water partition coefficient (Wildman–Crippen LogP) is 2.61. The summed E-state index contributed by atoms with van der Waals surface area (Å²) < 4.78 is 0. The molecule has 0 spiro atoms. The summed E-state index contributed by atoms with van der Waals surface area (Å²) in [5, 5.41) is 0. The van der Waals surface area contributed by atoms with Crippen LogP contribution in [0.2, 0.25) is 0 Å². The molecule has 1 atom stereocenters. The molecule has 1 amide bonds. The molecule has 0 radical (unpaired) electrons. The maximum Gasteiger partial charge on any atom is 0.244 e. The van der Waals surface area contributed by atoms with E-state index in [1.54, 1.807) is 6.33 Å². The summed E-state index contributed by atoms with van der Waals surface area (Å²) in [6.45, 7) is 7.93. The molecule has 1 fully saturated rings. The monoisotopic (exact) mass is 326 g/mol. The van der Waals surface area contributed by atoms with Crippen molar-refractivity contribution in [3.8, 4) is 0 Å². The Balaban J connectivity index is 1.71. The Morgan fingerprint density at radius 3 is 2.62 bits per heavy atom. The maximum atomic E-state index is 13.0. The van der Waals surface area contributed by atoms with E-state index in [0.29, 0.717) is 0 Å². The number of carbonyl (C=O) groups is 1. The van der Waals surface area contributed by atoms with Gasteiger partial charge in [-0.2, -0.15) is 0 Å². The average molecular weight is 326 g/mol. The molecular weight excluding hydrogens is 300 g/mol. The first-order valence-corrected chi connectivity index (χ1v) is 8.54. The molecule has 5 nitrogen and oxygen atoms in total. The normalized spacial score (nSPS) is 18.0. The number of nitrogens with one attached hydrogen (secondary N) is 1. The smallest absolute Gasteiger partial charge is 0.244 e. The minimum absolute atomic E-state index is 0.0342. The summed E-state index contributed by atoms with van der Waals surface area (Å²) in [5.74, 6) is 0.220. The van der Waals surface area contributed by atoms with E-state index in [4.69, 9.17) is 0 Å². The molecule has 5 heteroatoms. The zero-order valence-corrected chi connectivity index (χ0v) is 15.0. The number of amides is 1. The van der Waals surface area contributed by atoms with E-state index in [2.05, 4.69) is 47.8 Å².